The van der Waals surface area contributed by atoms with Gasteiger partial charge in [-0.2, -0.15) is 0 Å². The molecule has 4 rings (SSSR count). The fourth-order valence-electron chi connectivity index (χ4n) is 2.82. The Morgan fingerprint density at radius 2 is 1.83 bits per heavy atom. The van der Waals surface area contributed by atoms with E-state index in [2.05, 4.69) is 20.5 Å². The highest BCUT2D eigenvalue weighted by Crippen LogP contribution is 2.27. The van der Waals surface area contributed by atoms with Crippen molar-refractivity contribution in [3.8, 4) is 11.5 Å². The molecule has 0 bridgehead atoms. The van der Waals surface area contributed by atoms with Crippen LogP contribution in [0, 0.1) is 0 Å². The molecule has 0 aliphatic carbocycles. The first-order valence-electron chi connectivity index (χ1n) is 9.47. The van der Waals surface area contributed by atoms with Crippen LogP contribution >= 0.6 is 0 Å². The predicted octanol–water partition coefficient (Wildman–Crippen LogP) is 4.75. The summed E-state index contributed by atoms with van der Waals surface area (Å²) in [6.07, 6.45) is 0.604. The third-order valence-corrected chi connectivity index (χ3v) is 4.37. The van der Waals surface area contributed by atoms with Crippen LogP contribution in [0.15, 0.2) is 57.4 Å². The summed E-state index contributed by atoms with van der Waals surface area (Å²) in [7, 11) is 0. The van der Waals surface area contributed by atoms with Crippen molar-refractivity contribution in [2.75, 3.05) is 5.32 Å². The zero-order chi connectivity index (χ0) is 20.4. The minimum absolute atomic E-state index is 0.136. The molecule has 0 spiro atoms. The smallest absolute Gasteiger partial charge is 0.247 e. The first kappa shape index (κ1) is 18.9. The number of fused-ring (bicyclic) bond motifs is 1. The summed E-state index contributed by atoms with van der Waals surface area (Å²) in [5.41, 5.74) is 2.77. The van der Waals surface area contributed by atoms with Crippen molar-refractivity contribution in [1.82, 2.24) is 15.2 Å². The maximum absolute atomic E-state index is 12.3. The van der Waals surface area contributed by atoms with E-state index in [1.807, 2.05) is 63.2 Å². The van der Waals surface area contributed by atoms with Crippen LogP contribution in [0.2, 0.25) is 0 Å². The van der Waals surface area contributed by atoms with Gasteiger partial charge < -0.3 is 14.2 Å². The summed E-state index contributed by atoms with van der Waals surface area (Å²) in [6.45, 7) is 6.13. The standard InChI is InChI=1S/C22H22N4O3/c1-22(2,3)21-24-16-13-15(9-10-17(16)28-21)23-18(27)11-12-19-25-26-20(29-19)14-7-5-4-6-8-14/h4-10,13H,11-12H2,1-3H3,(H,23,27). The molecule has 29 heavy (non-hydrogen) atoms. The molecule has 7 nitrogen and oxygen atoms in total. The zero-order valence-corrected chi connectivity index (χ0v) is 16.6. The molecule has 0 saturated heterocycles. The summed E-state index contributed by atoms with van der Waals surface area (Å²) in [6, 6.07) is 15.0. The van der Waals surface area contributed by atoms with Gasteiger partial charge in [0.15, 0.2) is 5.58 Å². The van der Waals surface area contributed by atoms with Crippen molar-refractivity contribution in [3.05, 3.63) is 60.3 Å². The van der Waals surface area contributed by atoms with E-state index < -0.39 is 0 Å². The third kappa shape index (κ3) is 4.34. The number of hydrogen-bond acceptors (Lipinski definition) is 6. The summed E-state index contributed by atoms with van der Waals surface area (Å²) < 4.78 is 11.4. The Kier molecular flexibility index (Phi) is 4.88. The Labute approximate surface area is 168 Å². The van der Waals surface area contributed by atoms with E-state index in [9.17, 15) is 4.79 Å². The third-order valence-electron chi connectivity index (χ3n) is 4.37. The largest absolute Gasteiger partial charge is 0.440 e. The molecule has 7 heteroatoms. The molecule has 148 valence electrons. The van der Waals surface area contributed by atoms with Crippen LogP contribution in [0.25, 0.3) is 22.6 Å². The van der Waals surface area contributed by atoms with Crippen molar-refractivity contribution < 1.29 is 13.6 Å². The SMILES string of the molecule is CC(C)(C)c1nc2cc(NC(=O)CCc3nnc(-c4ccccc4)o3)ccc2o1. The van der Waals surface area contributed by atoms with Gasteiger partial charge in [0.25, 0.3) is 0 Å². The van der Waals surface area contributed by atoms with Gasteiger partial charge in [0.2, 0.25) is 23.6 Å². The second-order valence-electron chi connectivity index (χ2n) is 7.87. The minimum Gasteiger partial charge on any atom is -0.440 e. The Hall–Kier alpha value is -3.48. The number of carbonyl (C=O) groups is 1. The van der Waals surface area contributed by atoms with Crippen LogP contribution < -0.4 is 5.32 Å². The fourth-order valence-corrected chi connectivity index (χ4v) is 2.82. The van der Waals surface area contributed by atoms with E-state index in [1.165, 1.54) is 0 Å². The van der Waals surface area contributed by atoms with E-state index >= 15 is 0 Å². The molecule has 1 N–H and O–H groups in total. The van der Waals surface area contributed by atoms with Gasteiger partial charge in [-0.3, -0.25) is 4.79 Å². The van der Waals surface area contributed by atoms with Crippen molar-refractivity contribution in [1.29, 1.82) is 0 Å². The van der Waals surface area contributed by atoms with Gasteiger partial charge in [0, 0.05) is 29.5 Å². The maximum atomic E-state index is 12.3. The monoisotopic (exact) mass is 390 g/mol. The van der Waals surface area contributed by atoms with Crippen molar-refractivity contribution in [2.24, 2.45) is 0 Å². The van der Waals surface area contributed by atoms with E-state index in [1.54, 1.807) is 6.07 Å². The molecule has 2 aromatic heterocycles. The summed E-state index contributed by atoms with van der Waals surface area (Å²) in [4.78, 5) is 16.8. The van der Waals surface area contributed by atoms with Crippen LogP contribution in [0.4, 0.5) is 5.69 Å². The Bertz CT molecular complexity index is 1140. The highest BCUT2D eigenvalue weighted by molar-refractivity contribution is 5.92. The lowest BCUT2D eigenvalue weighted by Gasteiger charge is -2.11. The lowest BCUT2D eigenvalue weighted by Crippen LogP contribution is -2.12. The summed E-state index contributed by atoms with van der Waals surface area (Å²) in [5.74, 6) is 1.41. The van der Waals surface area contributed by atoms with E-state index in [0.29, 0.717) is 35.4 Å². The molecule has 0 radical (unpaired) electrons. The molecule has 0 aliphatic heterocycles. The number of anilines is 1. The van der Waals surface area contributed by atoms with Crippen LogP contribution in [-0.2, 0) is 16.6 Å². The van der Waals surface area contributed by atoms with E-state index in [-0.39, 0.29) is 17.7 Å². The summed E-state index contributed by atoms with van der Waals surface area (Å²) in [5, 5.41) is 10.9. The Balaban J connectivity index is 1.38. The zero-order valence-electron chi connectivity index (χ0n) is 16.6. The number of nitrogens with one attached hydrogen (secondary N) is 1. The number of hydrogen-bond donors (Lipinski definition) is 1. The highest BCUT2D eigenvalue weighted by atomic mass is 16.4. The van der Waals surface area contributed by atoms with Crippen LogP contribution in [0.5, 0.6) is 0 Å². The number of nitrogens with zero attached hydrogens (tertiary/aromatic N) is 3. The molecular formula is C22H22N4O3. The minimum atomic E-state index is -0.175. The number of amides is 1. The lowest BCUT2D eigenvalue weighted by atomic mass is 9.97. The van der Waals surface area contributed by atoms with Gasteiger partial charge >= 0.3 is 0 Å². The van der Waals surface area contributed by atoms with Gasteiger partial charge in [-0.15, -0.1) is 10.2 Å². The van der Waals surface area contributed by atoms with Gasteiger partial charge in [-0.05, 0) is 30.3 Å². The highest BCUT2D eigenvalue weighted by Gasteiger charge is 2.21. The van der Waals surface area contributed by atoms with E-state index in [0.717, 1.165) is 11.1 Å². The fraction of sp³-hybridized carbons (Fsp3) is 0.273. The van der Waals surface area contributed by atoms with Crippen molar-refractivity contribution >= 4 is 22.7 Å². The van der Waals surface area contributed by atoms with Crippen LogP contribution in [-0.4, -0.2) is 21.1 Å². The molecule has 0 unspecified atom stereocenters. The number of oxazole rings is 1. The first-order valence-corrected chi connectivity index (χ1v) is 9.47. The average molecular weight is 390 g/mol. The predicted molar refractivity (Wildman–Crippen MR) is 109 cm³/mol. The molecule has 2 heterocycles. The molecule has 0 saturated carbocycles. The lowest BCUT2D eigenvalue weighted by molar-refractivity contribution is -0.116. The average Bonchev–Trinajstić information content (AvgIpc) is 3.33. The van der Waals surface area contributed by atoms with Crippen LogP contribution in [0.1, 0.15) is 39.0 Å². The Morgan fingerprint density at radius 1 is 1.03 bits per heavy atom. The molecule has 1 amide bonds. The quantitative estimate of drug-likeness (QED) is 0.529. The molecular weight excluding hydrogens is 368 g/mol. The second kappa shape index (κ2) is 7.50. The maximum Gasteiger partial charge on any atom is 0.247 e. The van der Waals surface area contributed by atoms with Gasteiger partial charge in [-0.25, -0.2) is 4.98 Å². The second-order valence-corrected chi connectivity index (χ2v) is 7.87. The number of aromatic nitrogens is 3. The van der Waals surface area contributed by atoms with Gasteiger partial charge in [0.05, 0.1) is 0 Å². The number of benzene rings is 2. The van der Waals surface area contributed by atoms with Crippen molar-refractivity contribution in [2.45, 2.75) is 39.0 Å². The molecule has 4 aromatic rings. The van der Waals surface area contributed by atoms with Gasteiger partial charge in [0.1, 0.15) is 5.52 Å². The van der Waals surface area contributed by atoms with Crippen LogP contribution in [0.3, 0.4) is 0 Å². The normalized spacial score (nSPS) is 11.7. The summed E-state index contributed by atoms with van der Waals surface area (Å²) >= 11 is 0. The number of carbonyl (C=O) groups excluding carboxylic acids is 1. The number of rotatable bonds is 5. The topological polar surface area (TPSA) is 94.1 Å². The molecule has 0 aliphatic rings. The molecule has 2 aromatic carbocycles. The number of aryl methyl sites for hydroxylation is 1. The van der Waals surface area contributed by atoms with Gasteiger partial charge in [-0.1, -0.05) is 39.0 Å². The first-order chi connectivity index (χ1) is 13.9. The molecule has 0 atom stereocenters. The van der Waals surface area contributed by atoms with E-state index in [4.69, 9.17) is 8.83 Å². The van der Waals surface area contributed by atoms with Crippen molar-refractivity contribution in [3.63, 3.8) is 0 Å². The molecule has 0 fully saturated rings. The Morgan fingerprint density at radius 3 is 2.59 bits per heavy atom.